The van der Waals surface area contributed by atoms with Crippen LogP contribution in [-0.2, 0) is 27.4 Å². The number of para-hydroxylation sites is 1. The molecule has 5 N–H and O–H groups in total. The summed E-state index contributed by atoms with van der Waals surface area (Å²) in [4.78, 5) is 39.3. The molecule has 0 saturated carbocycles. The molecule has 3 amide bonds. The Labute approximate surface area is 179 Å². The highest BCUT2D eigenvalue weighted by Gasteiger charge is 2.21. The van der Waals surface area contributed by atoms with E-state index < -0.39 is 23.9 Å². The molecule has 0 aliphatic carbocycles. The number of aromatic amines is 1. The van der Waals surface area contributed by atoms with Crippen molar-refractivity contribution in [2.45, 2.75) is 19.1 Å². The maximum atomic E-state index is 12.4. The van der Waals surface area contributed by atoms with Crippen LogP contribution in [0.15, 0.2) is 60.8 Å². The lowest BCUT2D eigenvalue weighted by Gasteiger charge is -2.20. The Balaban J connectivity index is 1.49. The Morgan fingerprint density at radius 3 is 2.55 bits per heavy atom. The largest absolute Gasteiger partial charge is 0.444 e. The second kappa shape index (κ2) is 10.3. The van der Waals surface area contributed by atoms with Gasteiger partial charge in [0.2, 0.25) is 11.8 Å². The minimum Gasteiger partial charge on any atom is -0.444 e. The van der Waals surface area contributed by atoms with Gasteiger partial charge >= 0.3 is 6.09 Å². The van der Waals surface area contributed by atoms with E-state index in [0.717, 1.165) is 22.0 Å². The second-order valence-corrected chi connectivity index (χ2v) is 7.12. The minimum absolute atomic E-state index is 0.112. The quantitative estimate of drug-likeness (QED) is 0.387. The fourth-order valence-corrected chi connectivity index (χ4v) is 3.15. The number of aromatic nitrogens is 1. The summed E-state index contributed by atoms with van der Waals surface area (Å²) in [6.07, 6.45) is 1.36. The zero-order chi connectivity index (χ0) is 22.2. The number of ether oxygens (including phenoxy) is 1. The Kier molecular flexibility index (Phi) is 7.23. The van der Waals surface area contributed by atoms with Gasteiger partial charge in [0.1, 0.15) is 12.6 Å². The van der Waals surface area contributed by atoms with Crippen molar-refractivity contribution < 1.29 is 19.1 Å². The number of carbonyl (C=O) groups is 3. The smallest absolute Gasteiger partial charge is 0.422 e. The number of nitrogens with zero attached hydrogens (tertiary/aromatic N) is 1. The normalized spacial score (nSPS) is 11.8. The van der Waals surface area contributed by atoms with Crippen LogP contribution >= 0.6 is 0 Å². The van der Waals surface area contributed by atoms with Gasteiger partial charge in [-0.15, -0.1) is 0 Å². The first-order valence-electron chi connectivity index (χ1n) is 9.74. The van der Waals surface area contributed by atoms with Crippen molar-refractivity contribution in [3.8, 4) is 0 Å². The molecule has 0 radical (unpaired) electrons. The van der Waals surface area contributed by atoms with Gasteiger partial charge in [-0.2, -0.15) is 0 Å². The molecular formula is C22H25N5O4. The van der Waals surface area contributed by atoms with E-state index in [4.69, 9.17) is 10.5 Å². The summed E-state index contributed by atoms with van der Waals surface area (Å²) < 4.78 is 5.11. The number of likely N-dealkylation sites (N-methyl/N-ethyl adjacent to an activating group) is 1. The van der Waals surface area contributed by atoms with Gasteiger partial charge in [0.05, 0.1) is 6.54 Å². The van der Waals surface area contributed by atoms with Gasteiger partial charge in [-0.25, -0.2) is 9.80 Å². The number of hydrogen-bond donors (Lipinski definition) is 4. The summed E-state index contributed by atoms with van der Waals surface area (Å²) in [5.74, 6) is -1.11. The molecule has 0 aliphatic rings. The van der Waals surface area contributed by atoms with E-state index in [-0.39, 0.29) is 19.6 Å². The van der Waals surface area contributed by atoms with Crippen molar-refractivity contribution in [3.05, 3.63) is 71.9 Å². The summed E-state index contributed by atoms with van der Waals surface area (Å²) in [5.41, 5.74) is 10.6. The molecule has 31 heavy (non-hydrogen) atoms. The standard InChI is InChI=1S/C22H25N5O4/c1-27(26-22(30)31-14-15-7-3-2-4-8-15)13-20(28)25-19(21(23)29)11-16-12-24-18-10-6-5-9-17(16)18/h2-10,12,19,24H,11,13-14H2,1H3,(H2,23,29)(H,25,28)(H,26,30)/t19-/m0/s1. The number of primary amides is 1. The highest BCUT2D eigenvalue weighted by molar-refractivity contribution is 5.89. The van der Waals surface area contributed by atoms with Crippen LogP contribution in [0.4, 0.5) is 4.79 Å². The van der Waals surface area contributed by atoms with Crippen LogP contribution in [0.1, 0.15) is 11.1 Å². The van der Waals surface area contributed by atoms with Gasteiger partial charge in [0, 0.05) is 30.6 Å². The van der Waals surface area contributed by atoms with Crippen LogP contribution in [0.3, 0.4) is 0 Å². The zero-order valence-corrected chi connectivity index (χ0v) is 17.1. The molecule has 9 heteroatoms. The van der Waals surface area contributed by atoms with Crippen molar-refractivity contribution in [3.63, 3.8) is 0 Å². The van der Waals surface area contributed by atoms with Gasteiger partial charge in [0.15, 0.2) is 0 Å². The molecule has 3 rings (SSSR count). The third-order valence-electron chi connectivity index (χ3n) is 4.65. The average Bonchev–Trinajstić information content (AvgIpc) is 3.15. The van der Waals surface area contributed by atoms with E-state index in [0.29, 0.717) is 0 Å². The summed E-state index contributed by atoms with van der Waals surface area (Å²) in [7, 11) is 1.52. The zero-order valence-electron chi connectivity index (χ0n) is 17.1. The molecule has 1 atom stereocenters. The van der Waals surface area contributed by atoms with Gasteiger partial charge < -0.3 is 20.8 Å². The molecule has 1 heterocycles. The first kappa shape index (κ1) is 21.8. The number of nitrogens with two attached hydrogens (primary N) is 1. The number of carbonyl (C=O) groups excluding carboxylic acids is 3. The number of benzene rings is 2. The SMILES string of the molecule is CN(CC(=O)N[C@@H](Cc1c[nH]c2ccccc12)C(N)=O)NC(=O)OCc1ccccc1. The maximum absolute atomic E-state index is 12.4. The van der Waals surface area contributed by atoms with Crippen LogP contribution in [0, 0.1) is 0 Å². The predicted molar refractivity (Wildman–Crippen MR) is 116 cm³/mol. The molecule has 2 aromatic carbocycles. The monoisotopic (exact) mass is 423 g/mol. The number of H-pyrrole nitrogens is 1. The summed E-state index contributed by atoms with van der Waals surface area (Å²) in [6.45, 7) is -0.0703. The third kappa shape index (κ3) is 6.31. The summed E-state index contributed by atoms with van der Waals surface area (Å²) >= 11 is 0. The highest BCUT2D eigenvalue weighted by Crippen LogP contribution is 2.19. The average molecular weight is 423 g/mol. The molecule has 162 valence electrons. The molecule has 9 nitrogen and oxygen atoms in total. The molecule has 3 aromatic rings. The Bertz CT molecular complexity index is 1050. The van der Waals surface area contributed by atoms with Crippen molar-refractivity contribution in [2.24, 2.45) is 5.73 Å². The van der Waals surface area contributed by atoms with Gasteiger partial charge in [-0.3, -0.25) is 15.0 Å². The topological polar surface area (TPSA) is 130 Å². The van der Waals surface area contributed by atoms with Gasteiger partial charge in [-0.1, -0.05) is 48.5 Å². The van der Waals surface area contributed by atoms with Gasteiger partial charge in [0.25, 0.3) is 0 Å². The van der Waals surface area contributed by atoms with E-state index in [1.807, 2.05) is 54.6 Å². The van der Waals surface area contributed by atoms with E-state index in [1.165, 1.54) is 12.1 Å². The van der Waals surface area contributed by atoms with Crippen LogP contribution in [-0.4, -0.2) is 47.5 Å². The first-order chi connectivity index (χ1) is 14.9. The summed E-state index contributed by atoms with van der Waals surface area (Å²) in [5, 5.41) is 4.85. The van der Waals surface area contributed by atoms with Crippen LogP contribution in [0.2, 0.25) is 0 Å². The van der Waals surface area contributed by atoms with Crippen LogP contribution in [0.25, 0.3) is 10.9 Å². The van der Waals surface area contributed by atoms with Crippen LogP contribution in [0.5, 0.6) is 0 Å². The minimum atomic E-state index is -0.884. The lowest BCUT2D eigenvalue weighted by molar-refractivity contribution is -0.128. The van der Waals surface area contributed by atoms with E-state index >= 15 is 0 Å². The van der Waals surface area contributed by atoms with Crippen molar-refractivity contribution in [1.29, 1.82) is 0 Å². The van der Waals surface area contributed by atoms with E-state index in [9.17, 15) is 14.4 Å². The number of hydrazine groups is 1. The lowest BCUT2D eigenvalue weighted by Crippen LogP contribution is -2.51. The molecule has 0 spiro atoms. The van der Waals surface area contributed by atoms with Crippen molar-refractivity contribution >= 4 is 28.8 Å². The molecule has 0 fully saturated rings. The third-order valence-corrected chi connectivity index (χ3v) is 4.65. The predicted octanol–water partition coefficient (Wildman–Crippen LogP) is 1.45. The number of amides is 3. The number of rotatable bonds is 9. The molecule has 0 unspecified atom stereocenters. The fourth-order valence-electron chi connectivity index (χ4n) is 3.15. The second-order valence-electron chi connectivity index (χ2n) is 7.12. The number of nitrogens with one attached hydrogen (secondary N) is 3. The van der Waals surface area contributed by atoms with E-state index in [1.54, 1.807) is 6.20 Å². The summed E-state index contributed by atoms with van der Waals surface area (Å²) in [6, 6.07) is 16.0. The Morgan fingerprint density at radius 1 is 1.10 bits per heavy atom. The molecule has 0 aliphatic heterocycles. The highest BCUT2D eigenvalue weighted by atomic mass is 16.6. The Hall–Kier alpha value is -3.85. The van der Waals surface area contributed by atoms with Crippen LogP contribution < -0.4 is 16.5 Å². The van der Waals surface area contributed by atoms with Crippen molar-refractivity contribution in [2.75, 3.05) is 13.6 Å². The molecule has 0 saturated heterocycles. The van der Waals surface area contributed by atoms with E-state index in [2.05, 4.69) is 15.7 Å². The lowest BCUT2D eigenvalue weighted by atomic mass is 10.0. The van der Waals surface area contributed by atoms with Gasteiger partial charge in [-0.05, 0) is 17.2 Å². The first-order valence-corrected chi connectivity index (χ1v) is 9.74. The fraction of sp³-hybridized carbons (Fsp3) is 0.227. The molecular weight excluding hydrogens is 398 g/mol. The Morgan fingerprint density at radius 2 is 1.81 bits per heavy atom. The molecule has 0 bridgehead atoms. The number of fused-ring (bicyclic) bond motifs is 1. The number of hydrogen-bond acceptors (Lipinski definition) is 5. The maximum Gasteiger partial charge on any atom is 0.422 e. The molecule has 1 aromatic heterocycles. The van der Waals surface area contributed by atoms with Crippen molar-refractivity contribution in [1.82, 2.24) is 20.7 Å².